The van der Waals surface area contributed by atoms with E-state index in [0.717, 1.165) is 37.8 Å². The van der Waals surface area contributed by atoms with E-state index in [2.05, 4.69) is 32.9 Å². The fourth-order valence-electron chi connectivity index (χ4n) is 8.20. The number of aliphatic hydroxyl groups excluding tert-OH is 1. The maximum atomic E-state index is 14.8. The maximum Gasteiger partial charge on any atom is 0.459 e. The van der Waals surface area contributed by atoms with Crippen LogP contribution in [0.2, 0.25) is 0 Å². The molecule has 1 saturated heterocycles. The third kappa shape index (κ3) is 16.7. The number of terminal acetylenes is 1. The number of nitrogen functional groups attached to an aromatic ring is 1. The number of ether oxygens (including phenoxy) is 2. The Kier molecular flexibility index (Phi) is 21.7. The Labute approximate surface area is 387 Å². The smallest absolute Gasteiger partial charge is 0.459 e. The van der Waals surface area contributed by atoms with Crippen LogP contribution in [0.25, 0.3) is 11.2 Å². The van der Waals surface area contributed by atoms with Crippen LogP contribution in [0.3, 0.4) is 0 Å². The van der Waals surface area contributed by atoms with Gasteiger partial charge in [-0.25, -0.2) is 18.3 Å². The highest BCUT2D eigenvalue weighted by atomic mass is 31.2. The van der Waals surface area contributed by atoms with Gasteiger partial charge in [0.15, 0.2) is 22.6 Å². The van der Waals surface area contributed by atoms with Gasteiger partial charge in [0.2, 0.25) is 0 Å². The van der Waals surface area contributed by atoms with Gasteiger partial charge in [0.05, 0.1) is 12.9 Å². The van der Waals surface area contributed by atoms with E-state index >= 15 is 0 Å². The lowest BCUT2D eigenvalue weighted by Gasteiger charge is -2.30. The number of benzene rings is 2. The number of fused-ring (bicyclic) bond motifs is 1. The number of aliphatic hydroxyl groups is 1. The van der Waals surface area contributed by atoms with Gasteiger partial charge in [-0.15, -0.1) is 6.42 Å². The molecule has 0 amide bonds. The number of hydrogen-bond acceptors (Lipinski definition) is 11. The van der Waals surface area contributed by atoms with Crippen molar-refractivity contribution in [3.63, 3.8) is 0 Å². The molecule has 362 valence electrons. The van der Waals surface area contributed by atoms with Crippen LogP contribution in [0.15, 0.2) is 54.9 Å². The fourth-order valence-corrected chi connectivity index (χ4v) is 9.72. The van der Waals surface area contributed by atoms with Crippen LogP contribution in [-0.4, -0.2) is 61.6 Å². The van der Waals surface area contributed by atoms with Crippen molar-refractivity contribution >= 4 is 30.7 Å². The standard InChI is InChI=1S/C49H68F3N6O7P/c1-3-5-6-7-8-9-10-11-12-13-14-15-16-17-18-19-20-21-22-26-29-62-47(60)41(32-37-30-38(50)33-39(51)31-37)57-66(61,65-40-27-24-23-25-28-40)63-35-49(4-2)42(59)34-43(64-49)58-36-54-44-45(53)55-48(52)56-46(44)58/h2,23-25,27-28,30-31,33,36,41-43,59H,3,5-22,26,29,32,34-35H2,1H3,(H,57,61)(H2,53,55,56)/t41-,42-,43+,49+,66+/m0/s1. The van der Waals surface area contributed by atoms with E-state index < -0.39 is 62.0 Å². The summed E-state index contributed by atoms with van der Waals surface area (Å²) in [4.78, 5) is 25.1. The summed E-state index contributed by atoms with van der Waals surface area (Å²) in [6.07, 6.45) is 27.7. The molecule has 5 atom stereocenters. The third-order valence-corrected chi connectivity index (χ3v) is 13.5. The molecule has 0 aliphatic carbocycles. The van der Waals surface area contributed by atoms with Crippen molar-refractivity contribution in [3.8, 4) is 18.1 Å². The van der Waals surface area contributed by atoms with Gasteiger partial charge in [0.1, 0.15) is 42.4 Å². The molecule has 0 spiro atoms. The Bertz CT molecular complexity index is 2160. The van der Waals surface area contributed by atoms with Crippen molar-refractivity contribution in [2.45, 2.75) is 172 Å². The minimum atomic E-state index is -4.69. The average Bonchev–Trinajstić information content (AvgIpc) is 3.86. The topological polar surface area (TPSA) is 173 Å². The Morgan fingerprint density at radius 2 is 1.47 bits per heavy atom. The highest BCUT2D eigenvalue weighted by Crippen LogP contribution is 2.48. The Hall–Kier alpha value is -4.52. The molecule has 66 heavy (non-hydrogen) atoms. The van der Waals surface area contributed by atoms with Gasteiger partial charge in [-0.3, -0.25) is 13.9 Å². The summed E-state index contributed by atoms with van der Waals surface area (Å²) in [5.41, 5.74) is 4.01. The molecule has 0 saturated carbocycles. The van der Waals surface area contributed by atoms with E-state index in [4.69, 9.17) is 30.7 Å². The van der Waals surface area contributed by atoms with Gasteiger partial charge in [0, 0.05) is 12.5 Å². The zero-order valence-corrected chi connectivity index (χ0v) is 39.2. The fraction of sp³-hybridized carbons (Fsp3) is 0.592. The zero-order chi connectivity index (χ0) is 47.2. The van der Waals surface area contributed by atoms with Crippen LogP contribution >= 0.6 is 7.75 Å². The molecule has 4 N–H and O–H groups in total. The molecule has 1 aliphatic heterocycles. The Morgan fingerprint density at radius 3 is 2.03 bits per heavy atom. The molecule has 4 aromatic rings. The van der Waals surface area contributed by atoms with Crippen molar-refractivity contribution in [2.24, 2.45) is 0 Å². The summed E-state index contributed by atoms with van der Waals surface area (Å²) < 4.78 is 82.5. The highest BCUT2D eigenvalue weighted by molar-refractivity contribution is 7.52. The second-order valence-electron chi connectivity index (χ2n) is 17.3. The van der Waals surface area contributed by atoms with Gasteiger partial charge in [-0.1, -0.05) is 153 Å². The van der Waals surface area contributed by atoms with E-state index in [1.165, 1.54) is 119 Å². The number of nitrogens with zero attached hydrogens (tertiary/aromatic N) is 4. The Morgan fingerprint density at radius 1 is 0.909 bits per heavy atom. The second kappa shape index (κ2) is 27.3. The highest BCUT2D eigenvalue weighted by Gasteiger charge is 2.50. The van der Waals surface area contributed by atoms with Gasteiger partial charge >= 0.3 is 19.8 Å². The molecular formula is C49H68F3N6O7P. The number of halogens is 3. The molecule has 0 bridgehead atoms. The minimum absolute atomic E-state index is 0.0174. The quantitative estimate of drug-likeness (QED) is 0.0139. The van der Waals surface area contributed by atoms with E-state index in [1.807, 2.05) is 0 Å². The van der Waals surface area contributed by atoms with Crippen LogP contribution in [0.5, 0.6) is 5.75 Å². The van der Waals surface area contributed by atoms with Crippen LogP contribution in [0.4, 0.5) is 19.0 Å². The van der Waals surface area contributed by atoms with Crippen molar-refractivity contribution in [3.05, 3.63) is 78.1 Å². The number of carbonyl (C=O) groups is 1. The minimum Gasteiger partial charge on any atom is -0.465 e. The van der Waals surface area contributed by atoms with Crippen molar-refractivity contribution in [1.29, 1.82) is 0 Å². The monoisotopic (exact) mass is 940 g/mol. The van der Waals surface area contributed by atoms with E-state index in [-0.39, 0.29) is 47.7 Å². The van der Waals surface area contributed by atoms with Crippen molar-refractivity contribution in [1.82, 2.24) is 24.6 Å². The Balaban J connectivity index is 1.12. The van der Waals surface area contributed by atoms with E-state index in [0.29, 0.717) is 12.5 Å². The van der Waals surface area contributed by atoms with E-state index in [1.54, 1.807) is 18.2 Å². The van der Waals surface area contributed by atoms with Gasteiger partial charge < -0.3 is 24.8 Å². The van der Waals surface area contributed by atoms with E-state index in [9.17, 15) is 27.6 Å². The molecule has 13 nitrogen and oxygen atoms in total. The number of carbonyl (C=O) groups excluding carboxylic acids is 1. The lowest BCUT2D eigenvalue weighted by Crippen LogP contribution is -2.44. The molecular weight excluding hydrogens is 873 g/mol. The van der Waals surface area contributed by atoms with Crippen LogP contribution < -0.4 is 15.3 Å². The molecule has 1 aliphatic rings. The van der Waals surface area contributed by atoms with Crippen LogP contribution in [0, 0.1) is 30.1 Å². The normalized spacial score (nSPS) is 18.5. The maximum absolute atomic E-state index is 14.8. The average molecular weight is 941 g/mol. The van der Waals surface area contributed by atoms with Gasteiger partial charge in [-0.2, -0.15) is 19.4 Å². The molecule has 1 fully saturated rings. The number of nitrogens with one attached hydrogen (secondary N) is 1. The van der Waals surface area contributed by atoms with Crippen molar-refractivity contribution < 1.29 is 46.2 Å². The van der Waals surface area contributed by atoms with Gasteiger partial charge in [-0.05, 0) is 42.7 Å². The zero-order valence-electron chi connectivity index (χ0n) is 38.3. The molecule has 0 radical (unpaired) electrons. The summed E-state index contributed by atoms with van der Waals surface area (Å²) in [6.45, 7) is 1.57. The number of rotatable bonds is 32. The molecule has 2 aromatic heterocycles. The first-order chi connectivity index (χ1) is 31.9. The summed E-state index contributed by atoms with van der Waals surface area (Å²) >= 11 is 0. The number of unbranched alkanes of at least 4 members (excludes halogenated alkanes) is 19. The summed E-state index contributed by atoms with van der Waals surface area (Å²) in [7, 11) is -4.69. The molecule has 2 aromatic carbocycles. The first-order valence-electron chi connectivity index (χ1n) is 23.8. The lowest BCUT2D eigenvalue weighted by molar-refractivity contribution is -0.146. The molecule has 3 heterocycles. The first-order valence-corrected chi connectivity index (χ1v) is 25.4. The number of aromatic nitrogens is 4. The summed E-state index contributed by atoms with van der Waals surface area (Å²) in [5, 5.41) is 13.9. The number of hydrogen-bond donors (Lipinski definition) is 3. The molecule has 17 heteroatoms. The number of nitrogens with two attached hydrogens (primary N) is 1. The lowest BCUT2D eigenvalue weighted by atomic mass is 9.99. The number of esters is 1. The van der Waals surface area contributed by atoms with Crippen LogP contribution in [-0.2, 0) is 29.8 Å². The SMILES string of the molecule is C#C[C@]1(CO[P@](=O)(N[C@@H](Cc2cc(F)cc(F)c2)C(=O)OCCCCCCCCCCCCCCCCCCCCCC)Oc2ccccc2)O[C@@H](n2cnc3c(N)nc(F)nc32)C[C@@H]1O. The first kappa shape index (κ1) is 52.4. The van der Waals surface area contributed by atoms with Crippen LogP contribution in [0.1, 0.15) is 154 Å². The number of para-hydroxylation sites is 1. The molecule has 5 rings (SSSR count). The number of imidazole rings is 1. The van der Waals surface area contributed by atoms with Gasteiger partial charge in [0.25, 0.3) is 0 Å². The third-order valence-electron chi connectivity index (χ3n) is 11.9. The largest absolute Gasteiger partial charge is 0.465 e. The predicted octanol–water partition coefficient (Wildman–Crippen LogP) is 11.2. The molecule has 0 unspecified atom stereocenters. The second-order valence-corrected chi connectivity index (χ2v) is 19.0. The van der Waals surface area contributed by atoms with Crippen molar-refractivity contribution in [2.75, 3.05) is 18.9 Å². The predicted molar refractivity (Wildman–Crippen MR) is 249 cm³/mol. The number of anilines is 1. The summed E-state index contributed by atoms with van der Waals surface area (Å²) in [5.74, 6) is -0.345. The summed E-state index contributed by atoms with van der Waals surface area (Å²) in [6, 6.07) is 9.23.